The van der Waals surface area contributed by atoms with Crippen LogP contribution in [-0.4, -0.2) is 42.6 Å². The molecule has 23 heavy (non-hydrogen) atoms. The summed E-state index contributed by atoms with van der Waals surface area (Å²) >= 11 is 0. The second-order valence-corrected chi connectivity index (χ2v) is 7.30. The maximum atomic E-state index is 12.6. The molecule has 1 aliphatic carbocycles. The van der Waals surface area contributed by atoms with Crippen LogP contribution in [0, 0.1) is 12.8 Å². The first-order valence-electron chi connectivity index (χ1n) is 8.82. The number of carbonyl (C=O) groups is 1. The highest BCUT2D eigenvalue weighted by Crippen LogP contribution is 2.28. The Bertz CT molecular complexity index is 516. The number of amides is 1. The molecule has 1 aromatic heterocycles. The Morgan fingerprint density at radius 1 is 1.30 bits per heavy atom. The van der Waals surface area contributed by atoms with E-state index >= 15 is 0 Å². The van der Waals surface area contributed by atoms with Crippen LogP contribution in [0.4, 0.5) is 0 Å². The topological polar surface area (TPSA) is 58.4 Å². The normalized spacial score (nSPS) is 17.7. The first kappa shape index (κ1) is 18.0. The van der Waals surface area contributed by atoms with Gasteiger partial charge in [0.25, 0.3) is 5.91 Å². The van der Waals surface area contributed by atoms with Crippen LogP contribution in [0.2, 0.25) is 0 Å². The van der Waals surface area contributed by atoms with Gasteiger partial charge in [0, 0.05) is 18.5 Å². The van der Waals surface area contributed by atoms with Crippen LogP contribution in [0.3, 0.4) is 0 Å². The molecule has 0 spiro atoms. The van der Waals surface area contributed by atoms with E-state index in [2.05, 4.69) is 29.5 Å². The molecule has 1 fully saturated rings. The highest BCUT2D eigenvalue weighted by molar-refractivity contribution is 5.96. The molecule has 1 heterocycles. The minimum absolute atomic E-state index is 0.0601. The Morgan fingerprint density at radius 3 is 2.52 bits per heavy atom. The average molecular weight is 321 g/mol. The van der Waals surface area contributed by atoms with Crippen LogP contribution < -0.4 is 5.32 Å². The summed E-state index contributed by atoms with van der Waals surface area (Å²) in [5.74, 6) is 1.45. The van der Waals surface area contributed by atoms with Crippen molar-refractivity contribution in [2.75, 3.05) is 20.6 Å². The summed E-state index contributed by atoms with van der Waals surface area (Å²) in [4.78, 5) is 14.9. The molecule has 130 valence electrons. The van der Waals surface area contributed by atoms with Crippen molar-refractivity contribution < 1.29 is 9.32 Å². The van der Waals surface area contributed by atoms with E-state index in [4.69, 9.17) is 4.52 Å². The van der Waals surface area contributed by atoms with E-state index in [9.17, 15) is 4.79 Å². The lowest BCUT2D eigenvalue weighted by molar-refractivity contribution is 0.0919. The quantitative estimate of drug-likeness (QED) is 0.873. The molecule has 0 aliphatic heterocycles. The second kappa shape index (κ2) is 7.95. The Balaban J connectivity index is 2.03. The minimum atomic E-state index is -0.0601. The zero-order chi connectivity index (χ0) is 17.0. The molecule has 0 bridgehead atoms. The lowest BCUT2D eigenvalue weighted by atomic mass is 9.83. The molecular weight excluding hydrogens is 290 g/mol. The van der Waals surface area contributed by atoms with Gasteiger partial charge in [-0.1, -0.05) is 38.3 Å². The van der Waals surface area contributed by atoms with Gasteiger partial charge in [0.1, 0.15) is 5.56 Å². The zero-order valence-electron chi connectivity index (χ0n) is 15.2. The predicted molar refractivity (Wildman–Crippen MR) is 91.7 cm³/mol. The molecule has 1 amide bonds. The lowest BCUT2D eigenvalue weighted by Gasteiger charge is -2.35. The number of nitrogens with one attached hydrogen (secondary N) is 1. The van der Waals surface area contributed by atoms with Crippen LogP contribution in [0.25, 0.3) is 0 Å². The van der Waals surface area contributed by atoms with Crippen molar-refractivity contribution in [2.24, 2.45) is 5.92 Å². The number of hydrogen-bond donors (Lipinski definition) is 1. The molecule has 5 heteroatoms. The first-order valence-corrected chi connectivity index (χ1v) is 8.82. The SMILES string of the molecule is Cc1noc(C(C)C)c1C(=O)NC[C@H](C1CCCCC1)N(C)C. The van der Waals surface area contributed by atoms with Gasteiger partial charge in [0.2, 0.25) is 0 Å². The van der Waals surface area contributed by atoms with Gasteiger partial charge < -0.3 is 14.7 Å². The molecule has 1 aliphatic rings. The van der Waals surface area contributed by atoms with Gasteiger partial charge in [0.05, 0.1) is 5.69 Å². The van der Waals surface area contributed by atoms with Gasteiger partial charge in [-0.05, 0) is 39.8 Å². The van der Waals surface area contributed by atoms with Crippen LogP contribution in [0.15, 0.2) is 4.52 Å². The highest BCUT2D eigenvalue weighted by Gasteiger charge is 2.27. The van der Waals surface area contributed by atoms with Crippen LogP contribution in [-0.2, 0) is 0 Å². The molecule has 1 atom stereocenters. The van der Waals surface area contributed by atoms with E-state index < -0.39 is 0 Å². The standard InChI is InChI=1S/C18H31N3O2/c1-12(2)17-16(13(3)20-23-17)18(22)19-11-15(21(4)5)14-9-7-6-8-10-14/h12,14-15H,6-11H2,1-5H3,(H,19,22)/t15-/m1/s1. The van der Waals surface area contributed by atoms with Crippen molar-refractivity contribution >= 4 is 5.91 Å². The largest absolute Gasteiger partial charge is 0.360 e. The van der Waals surface area contributed by atoms with Gasteiger partial charge in [-0.25, -0.2) is 0 Å². The van der Waals surface area contributed by atoms with Crippen molar-refractivity contribution in [3.05, 3.63) is 17.0 Å². The summed E-state index contributed by atoms with van der Waals surface area (Å²) in [6.45, 7) is 6.54. The third kappa shape index (κ3) is 4.34. The Kier molecular flexibility index (Phi) is 6.22. The molecule has 0 unspecified atom stereocenters. The molecule has 1 saturated carbocycles. The van der Waals surface area contributed by atoms with E-state index in [1.54, 1.807) is 0 Å². The van der Waals surface area contributed by atoms with Gasteiger partial charge in [-0.15, -0.1) is 0 Å². The summed E-state index contributed by atoms with van der Waals surface area (Å²) in [7, 11) is 4.21. The zero-order valence-corrected chi connectivity index (χ0v) is 15.2. The van der Waals surface area contributed by atoms with E-state index in [-0.39, 0.29) is 11.8 Å². The Morgan fingerprint density at radius 2 is 1.96 bits per heavy atom. The summed E-state index contributed by atoms with van der Waals surface area (Å²) in [5, 5.41) is 7.08. The summed E-state index contributed by atoms with van der Waals surface area (Å²) in [5.41, 5.74) is 1.28. The predicted octanol–water partition coefficient (Wildman–Crippen LogP) is 3.35. The Hall–Kier alpha value is -1.36. The molecule has 0 saturated heterocycles. The molecule has 0 radical (unpaired) electrons. The molecular formula is C18H31N3O2. The molecule has 2 rings (SSSR count). The fraction of sp³-hybridized carbons (Fsp3) is 0.778. The minimum Gasteiger partial charge on any atom is -0.360 e. The van der Waals surface area contributed by atoms with E-state index in [1.807, 2.05) is 20.8 Å². The maximum Gasteiger partial charge on any atom is 0.256 e. The van der Waals surface area contributed by atoms with E-state index in [1.165, 1.54) is 32.1 Å². The Labute approximate surface area is 139 Å². The number of hydrogen-bond acceptors (Lipinski definition) is 4. The third-order valence-corrected chi connectivity index (χ3v) is 4.97. The van der Waals surface area contributed by atoms with Crippen LogP contribution >= 0.6 is 0 Å². The number of rotatable bonds is 6. The monoisotopic (exact) mass is 321 g/mol. The number of aryl methyl sites for hydroxylation is 1. The average Bonchev–Trinajstić information content (AvgIpc) is 2.90. The summed E-state index contributed by atoms with van der Waals surface area (Å²) in [6.07, 6.45) is 6.50. The molecule has 1 aromatic rings. The van der Waals surface area contributed by atoms with Gasteiger partial charge >= 0.3 is 0 Å². The van der Waals surface area contributed by atoms with Crippen molar-refractivity contribution in [3.8, 4) is 0 Å². The van der Waals surface area contributed by atoms with Crippen LogP contribution in [0.5, 0.6) is 0 Å². The van der Waals surface area contributed by atoms with E-state index in [0.29, 0.717) is 35.5 Å². The fourth-order valence-corrected chi connectivity index (χ4v) is 3.63. The van der Waals surface area contributed by atoms with E-state index in [0.717, 1.165) is 0 Å². The van der Waals surface area contributed by atoms with Crippen molar-refractivity contribution in [1.82, 2.24) is 15.4 Å². The summed E-state index contributed by atoms with van der Waals surface area (Å²) in [6, 6.07) is 0.391. The molecule has 1 N–H and O–H groups in total. The molecule has 0 aromatic carbocycles. The van der Waals surface area contributed by atoms with Crippen LogP contribution in [0.1, 0.15) is 73.7 Å². The highest BCUT2D eigenvalue weighted by atomic mass is 16.5. The lowest BCUT2D eigenvalue weighted by Crippen LogP contribution is -2.45. The maximum absolute atomic E-state index is 12.6. The van der Waals surface area contributed by atoms with Crippen molar-refractivity contribution in [2.45, 2.75) is 64.8 Å². The number of aromatic nitrogens is 1. The van der Waals surface area contributed by atoms with Crippen molar-refractivity contribution in [3.63, 3.8) is 0 Å². The third-order valence-electron chi connectivity index (χ3n) is 4.97. The fourth-order valence-electron chi connectivity index (χ4n) is 3.63. The number of carbonyl (C=O) groups excluding carboxylic acids is 1. The van der Waals surface area contributed by atoms with Gasteiger partial charge in [0.15, 0.2) is 5.76 Å². The van der Waals surface area contributed by atoms with Gasteiger partial charge in [-0.2, -0.15) is 0 Å². The number of likely N-dealkylation sites (N-methyl/N-ethyl adjacent to an activating group) is 1. The number of nitrogens with zero attached hydrogens (tertiary/aromatic N) is 2. The van der Waals surface area contributed by atoms with Gasteiger partial charge in [-0.3, -0.25) is 4.79 Å². The van der Waals surface area contributed by atoms with Crippen molar-refractivity contribution in [1.29, 1.82) is 0 Å². The summed E-state index contributed by atoms with van der Waals surface area (Å²) < 4.78 is 5.33. The first-order chi connectivity index (χ1) is 10.9. The molecule has 5 nitrogen and oxygen atoms in total. The smallest absolute Gasteiger partial charge is 0.256 e. The second-order valence-electron chi connectivity index (χ2n) is 7.30.